The zero-order valence-corrected chi connectivity index (χ0v) is 9.86. The molecule has 17 heavy (non-hydrogen) atoms. The van der Waals surface area contributed by atoms with Gasteiger partial charge in [0.05, 0.1) is 0 Å². The molecule has 0 aliphatic heterocycles. The fourth-order valence-electron chi connectivity index (χ4n) is 1.68. The summed E-state index contributed by atoms with van der Waals surface area (Å²) in [5.41, 5.74) is 7.37. The highest BCUT2D eigenvalue weighted by molar-refractivity contribution is 6.30. The van der Waals surface area contributed by atoms with E-state index in [0.29, 0.717) is 17.0 Å². The predicted octanol–water partition coefficient (Wildman–Crippen LogP) is 3.12. The molecule has 2 aromatic rings. The summed E-state index contributed by atoms with van der Waals surface area (Å²) in [4.78, 5) is 4.00. The Labute approximate surface area is 104 Å². The van der Waals surface area contributed by atoms with Crippen LogP contribution in [0, 0.1) is 5.82 Å². The van der Waals surface area contributed by atoms with Gasteiger partial charge < -0.3 is 5.73 Å². The number of aromatic nitrogens is 1. The van der Waals surface area contributed by atoms with Crippen molar-refractivity contribution in [2.45, 2.75) is 12.5 Å². The summed E-state index contributed by atoms with van der Waals surface area (Å²) in [5.74, 6) is -0.328. The molecule has 0 saturated carbocycles. The van der Waals surface area contributed by atoms with E-state index in [1.165, 1.54) is 12.1 Å². The minimum atomic E-state index is -0.419. The number of pyridine rings is 1. The molecule has 0 aliphatic carbocycles. The molecule has 2 nitrogen and oxygen atoms in total. The first-order chi connectivity index (χ1) is 8.16. The van der Waals surface area contributed by atoms with E-state index < -0.39 is 6.04 Å². The van der Waals surface area contributed by atoms with Crippen molar-refractivity contribution in [3.8, 4) is 0 Å². The van der Waals surface area contributed by atoms with Crippen LogP contribution in [0.25, 0.3) is 0 Å². The van der Waals surface area contributed by atoms with Crippen LogP contribution in [0.3, 0.4) is 0 Å². The molecule has 0 bridgehead atoms. The molecule has 0 fully saturated rings. The molecule has 4 heteroatoms. The Morgan fingerprint density at radius 1 is 1.35 bits per heavy atom. The average Bonchev–Trinajstić information content (AvgIpc) is 2.33. The van der Waals surface area contributed by atoms with E-state index in [2.05, 4.69) is 4.98 Å². The van der Waals surface area contributed by atoms with E-state index in [1.807, 2.05) is 12.1 Å². The molecule has 0 spiro atoms. The molecule has 0 saturated heterocycles. The summed E-state index contributed by atoms with van der Waals surface area (Å²) in [6, 6.07) is 7.74. The predicted molar refractivity (Wildman–Crippen MR) is 66.3 cm³/mol. The van der Waals surface area contributed by atoms with Crippen LogP contribution in [0.4, 0.5) is 4.39 Å². The summed E-state index contributed by atoms with van der Waals surface area (Å²) in [5, 5.41) is 0.489. The highest BCUT2D eigenvalue weighted by Crippen LogP contribution is 2.22. The van der Waals surface area contributed by atoms with Crippen LogP contribution in [0.1, 0.15) is 17.2 Å². The largest absolute Gasteiger partial charge is 0.324 e. The van der Waals surface area contributed by atoms with Gasteiger partial charge in [-0.1, -0.05) is 17.7 Å². The molecule has 1 aromatic carbocycles. The van der Waals surface area contributed by atoms with E-state index in [-0.39, 0.29) is 5.82 Å². The van der Waals surface area contributed by atoms with E-state index in [0.717, 1.165) is 5.56 Å². The highest BCUT2D eigenvalue weighted by Gasteiger charge is 2.12. The Kier molecular flexibility index (Phi) is 3.71. The molecule has 1 aromatic heterocycles. The van der Waals surface area contributed by atoms with Gasteiger partial charge in [-0.15, -0.1) is 0 Å². The molecule has 1 unspecified atom stereocenters. The van der Waals surface area contributed by atoms with E-state index >= 15 is 0 Å². The first kappa shape index (κ1) is 12.0. The quantitative estimate of drug-likeness (QED) is 0.909. The van der Waals surface area contributed by atoms with Crippen molar-refractivity contribution >= 4 is 11.6 Å². The lowest BCUT2D eigenvalue weighted by Crippen LogP contribution is -2.15. The van der Waals surface area contributed by atoms with Gasteiger partial charge in [0.1, 0.15) is 5.82 Å². The van der Waals surface area contributed by atoms with Crippen molar-refractivity contribution in [1.29, 1.82) is 0 Å². The van der Waals surface area contributed by atoms with Gasteiger partial charge in [0, 0.05) is 29.0 Å². The molecule has 2 N–H and O–H groups in total. The number of hydrogen-bond acceptors (Lipinski definition) is 2. The SMILES string of the molecule is NC(Cc1cccnc1)c1cc(Cl)ccc1F. The number of nitrogens with zero attached hydrogens (tertiary/aromatic N) is 1. The smallest absolute Gasteiger partial charge is 0.128 e. The summed E-state index contributed by atoms with van der Waals surface area (Å²) in [7, 11) is 0. The lowest BCUT2D eigenvalue weighted by Gasteiger charge is -2.13. The van der Waals surface area contributed by atoms with Crippen molar-refractivity contribution in [1.82, 2.24) is 4.98 Å². The fraction of sp³-hybridized carbons (Fsp3) is 0.154. The van der Waals surface area contributed by atoms with Gasteiger partial charge in [0.2, 0.25) is 0 Å². The Morgan fingerprint density at radius 2 is 2.18 bits per heavy atom. The van der Waals surface area contributed by atoms with Crippen LogP contribution in [0.15, 0.2) is 42.7 Å². The summed E-state index contributed by atoms with van der Waals surface area (Å²) < 4.78 is 13.6. The Morgan fingerprint density at radius 3 is 2.88 bits per heavy atom. The number of nitrogens with two attached hydrogens (primary N) is 1. The van der Waals surface area contributed by atoms with Gasteiger partial charge in [-0.3, -0.25) is 4.98 Å². The number of halogens is 2. The number of benzene rings is 1. The third-order valence-corrected chi connectivity index (χ3v) is 2.77. The Hall–Kier alpha value is -1.45. The second-order valence-electron chi connectivity index (χ2n) is 3.84. The summed E-state index contributed by atoms with van der Waals surface area (Å²) in [6.45, 7) is 0. The van der Waals surface area contributed by atoms with Crippen LogP contribution in [-0.2, 0) is 6.42 Å². The standard InChI is InChI=1S/C13H12ClFN2/c14-10-3-4-12(15)11(7-10)13(16)6-9-2-1-5-17-8-9/h1-5,7-8,13H,6,16H2. The van der Waals surface area contributed by atoms with E-state index in [1.54, 1.807) is 18.5 Å². The topological polar surface area (TPSA) is 38.9 Å². The maximum Gasteiger partial charge on any atom is 0.128 e. The van der Waals surface area contributed by atoms with E-state index in [4.69, 9.17) is 17.3 Å². The van der Waals surface area contributed by atoms with Crippen LogP contribution in [0.2, 0.25) is 5.02 Å². The highest BCUT2D eigenvalue weighted by atomic mass is 35.5. The lowest BCUT2D eigenvalue weighted by molar-refractivity contribution is 0.580. The van der Waals surface area contributed by atoms with Crippen molar-refractivity contribution in [2.75, 3.05) is 0 Å². The first-order valence-electron chi connectivity index (χ1n) is 5.26. The van der Waals surface area contributed by atoms with Gasteiger partial charge in [0.15, 0.2) is 0 Å². The van der Waals surface area contributed by atoms with Crippen LogP contribution in [-0.4, -0.2) is 4.98 Å². The molecule has 1 atom stereocenters. The van der Waals surface area contributed by atoms with Gasteiger partial charge in [-0.25, -0.2) is 4.39 Å². The molecular weight excluding hydrogens is 239 g/mol. The fourth-order valence-corrected chi connectivity index (χ4v) is 1.86. The van der Waals surface area contributed by atoms with Crippen molar-refractivity contribution in [2.24, 2.45) is 5.73 Å². The summed E-state index contributed by atoms with van der Waals surface area (Å²) >= 11 is 5.83. The molecule has 0 radical (unpaired) electrons. The maximum atomic E-state index is 13.6. The van der Waals surface area contributed by atoms with Crippen LogP contribution >= 0.6 is 11.6 Å². The van der Waals surface area contributed by atoms with Gasteiger partial charge in [-0.2, -0.15) is 0 Å². The minimum absolute atomic E-state index is 0.328. The van der Waals surface area contributed by atoms with Crippen molar-refractivity contribution < 1.29 is 4.39 Å². The molecule has 1 heterocycles. The van der Waals surface area contributed by atoms with E-state index in [9.17, 15) is 4.39 Å². The molecule has 2 rings (SSSR count). The van der Waals surface area contributed by atoms with Gasteiger partial charge in [-0.05, 0) is 36.2 Å². The number of hydrogen-bond donors (Lipinski definition) is 1. The Bertz CT molecular complexity index is 502. The molecule has 88 valence electrons. The third-order valence-electron chi connectivity index (χ3n) is 2.54. The van der Waals surface area contributed by atoms with Crippen molar-refractivity contribution in [3.05, 3.63) is 64.7 Å². The molecular formula is C13H12ClFN2. The zero-order valence-electron chi connectivity index (χ0n) is 9.11. The Balaban J connectivity index is 2.20. The van der Waals surface area contributed by atoms with Crippen LogP contribution in [0.5, 0.6) is 0 Å². The third kappa shape index (κ3) is 3.02. The second-order valence-corrected chi connectivity index (χ2v) is 4.27. The first-order valence-corrected chi connectivity index (χ1v) is 5.64. The maximum absolute atomic E-state index is 13.6. The van der Waals surface area contributed by atoms with Gasteiger partial charge >= 0.3 is 0 Å². The number of rotatable bonds is 3. The second kappa shape index (κ2) is 5.25. The normalized spacial score (nSPS) is 12.4. The van der Waals surface area contributed by atoms with Crippen molar-refractivity contribution in [3.63, 3.8) is 0 Å². The van der Waals surface area contributed by atoms with Crippen LogP contribution < -0.4 is 5.73 Å². The average molecular weight is 251 g/mol. The summed E-state index contributed by atoms with van der Waals surface area (Å²) in [6.07, 6.45) is 3.95. The van der Waals surface area contributed by atoms with Gasteiger partial charge in [0.25, 0.3) is 0 Å². The molecule has 0 amide bonds. The lowest BCUT2D eigenvalue weighted by atomic mass is 10.0. The molecule has 0 aliphatic rings. The minimum Gasteiger partial charge on any atom is -0.324 e. The zero-order chi connectivity index (χ0) is 12.3. The monoisotopic (exact) mass is 250 g/mol.